The van der Waals surface area contributed by atoms with E-state index in [0.29, 0.717) is 5.82 Å². The van der Waals surface area contributed by atoms with Crippen molar-refractivity contribution in [1.82, 2.24) is 14.9 Å². The molecule has 66 valence electrons. The lowest BCUT2D eigenvalue weighted by molar-refractivity contribution is 0.272. The third kappa shape index (κ3) is 0.822. The molecule has 2 rings (SSSR count). The first-order chi connectivity index (χ1) is 5.53. The molecule has 0 spiro atoms. The van der Waals surface area contributed by atoms with Crippen LogP contribution in [0.25, 0.3) is 0 Å². The second-order valence-corrected chi connectivity index (χ2v) is 4.27. The molecule has 12 heavy (non-hydrogen) atoms. The van der Waals surface area contributed by atoms with E-state index in [4.69, 9.17) is 5.73 Å². The summed E-state index contributed by atoms with van der Waals surface area (Å²) in [6, 6.07) is 0. The maximum Gasteiger partial charge on any atom is 0.150 e. The number of aromatic nitrogens is 2. The monoisotopic (exact) mass is 184 g/mol. The SMILES string of the molecule is CC1(C)c2[nH]nc(N)c2CN1P. The van der Waals surface area contributed by atoms with Crippen LogP contribution in [-0.4, -0.2) is 14.9 Å². The molecule has 0 aliphatic carbocycles. The van der Waals surface area contributed by atoms with Gasteiger partial charge in [-0.05, 0) is 13.8 Å². The molecule has 0 bridgehead atoms. The minimum absolute atomic E-state index is 0.00458. The number of nitrogens with two attached hydrogens (primary N) is 1. The highest BCUT2D eigenvalue weighted by atomic mass is 31.0. The molecule has 5 heteroatoms. The molecular formula is C7H13N4P. The molecule has 0 fully saturated rings. The summed E-state index contributed by atoms with van der Waals surface area (Å²) in [4.78, 5) is 0. The van der Waals surface area contributed by atoms with Crippen molar-refractivity contribution in [3.05, 3.63) is 11.3 Å². The fraction of sp³-hybridized carbons (Fsp3) is 0.571. The van der Waals surface area contributed by atoms with Crippen molar-refractivity contribution in [2.24, 2.45) is 0 Å². The lowest BCUT2D eigenvalue weighted by Gasteiger charge is -2.26. The molecule has 1 aromatic rings. The van der Waals surface area contributed by atoms with E-state index in [1.54, 1.807) is 0 Å². The normalized spacial score (nSPS) is 21.2. The molecule has 2 heterocycles. The molecule has 0 saturated heterocycles. The van der Waals surface area contributed by atoms with Crippen LogP contribution in [0.1, 0.15) is 25.1 Å². The second kappa shape index (κ2) is 2.21. The number of anilines is 1. The lowest BCUT2D eigenvalue weighted by atomic mass is 10.0. The Morgan fingerprint density at radius 1 is 1.67 bits per heavy atom. The van der Waals surface area contributed by atoms with Gasteiger partial charge in [-0.1, -0.05) is 9.39 Å². The van der Waals surface area contributed by atoms with E-state index >= 15 is 0 Å². The maximum atomic E-state index is 5.70. The van der Waals surface area contributed by atoms with Gasteiger partial charge in [0.1, 0.15) is 5.82 Å². The number of hydrogen-bond acceptors (Lipinski definition) is 3. The average molecular weight is 184 g/mol. The fourth-order valence-electron chi connectivity index (χ4n) is 1.56. The summed E-state index contributed by atoms with van der Waals surface area (Å²) in [5, 5.41) is 6.96. The van der Waals surface area contributed by atoms with Crippen molar-refractivity contribution < 1.29 is 0 Å². The molecule has 1 aliphatic rings. The van der Waals surface area contributed by atoms with Crippen molar-refractivity contribution in [3.8, 4) is 0 Å². The first-order valence-electron chi connectivity index (χ1n) is 3.89. The Morgan fingerprint density at radius 2 is 2.33 bits per heavy atom. The average Bonchev–Trinajstić information content (AvgIpc) is 2.41. The number of aromatic amines is 1. The number of nitrogens with one attached hydrogen (secondary N) is 1. The van der Waals surface area contributed by atoms with E-state index < -0.39 is 0 Å². The molecule has 4 nitrogen and oxygen atoms in total. The Balaban J connectivity index is 2.56. The number of rotatable bonds is 0. The van der Waals surface area contributed by atoms with Gasteiger partial charge in [-0.25, -0.2) is 0 Å². The van der Waals surface area contributed by atoms with Crippen molar-refractivity contribution in [1.29, 1.82) is 0 Å². The number of nitrogens with zero attached hydrogens (tertiary/aromatic N) is 2. The third-order valence-corrected chi connectivity index (χ3v) is 3.39. The maximum absolute atomic E-state index is 5.70. The highest BCUT2D eigenvalue weighted by molar-refractivity contribution is 7.13. The first kappa shape index (κ1) is 8.02. The zero-order chi connectivity index (χ0) is 8.93. The molecule has 1 aromatic heterocycles. The molecule has 0 aromatic carbocycles. The van der Waals surface area contributed by atoms with E-state index in [0.717, 1.165) is 17.8 Å². The standard InChI is InChI=1S/C7H13N4P/c1-7(2)5-4(3-11(7)12)6(8)10-9-5/h3,12H2,1-2H3,(H3,8,9,10). The predicted octanol–water partition coefficient (Wildman–Crippen LogP) is 0.833. The van der Waals surface area contributed by atoms with Crippen molar-refractivity contribution in [2.45, 2.75) is 25.9 Å². The number of fused-ring (bicyclic) bond motifs is 1. The van der Waals surface area contributed by atoms with Gasteiger partial charge in [-0.2, -0.15) is 5.10 Å². The summed E-state index contributed by atoms with van der Waals surface area (Å²) in [5.74, 6) is 0.628. The van der Waals surface area contributed by atoms with Gasteiger partial charge in [-0.3, -0.25) is 9.77 Å². The highest BCUT2D eigenvalue weighted by Gasteiger charge is 2.38. The Morgan fingerprint density at radius 3 is 2.92 bits per heavy atom. The van der Waals surface area contributed by atoms with Gasteiger partial charge in [0.05, 0.1) is 11.2 Å². The van der Waals surface area contributed by atoms with Crippen LogP contribution in [0.15, 0.2) is 0 Å². The summed E-state index contributed by atoms with van der Waals surface area (Å²) in [6.45, 7) is 5.14. The van der Waals surface area contributed by atoms with Gasteiger partial charge in [0.25, 0.3) is 0 Å². The van der Waals surface area contributed by atoms with Crippen LogP contribution >= 0.6 is 9.39 Å². The Kier molecular flexibility index (Phi) is 1.48. The minimum atomic E-state index is 0.00458. The topological polar surface area (TPSA) is 57.9 Å². The molecule has 0 radical (unpaired) electrons. The fourth-order valence-corrected chi connectivity index (χ4v) is 1.87. The molecular weight excluding hydrogens is 171 g/mol. The van der Waals surface area contributed by atoms with Crippen molar-refractivity contribution >= 4 is 15.2 Å². The van der Waals surface area contributed by atoms with Crippen LogP contribution in [0.2, 0.25) is 0 Å². The van der Waals surface area contributed by atoms with Gasteiger partial charge in [0.2, 0.25) is 0 Å². The largest absolute Gasteiger partial charge is 0.382 e. The summed E-state index contributed by atoms with van der Waals surface area (Å²) in [7, 11) is 2.71. The highest BCUT2D eigenvalue weighted by Crippen LogP contribution is 2.41. The summed E-state index contributed by atoms with van der Waals surface area (Å²) < 4.78 is 2.17. The lowest BCUT2D eigenvalue weighted by Crippen LogP contribution is -2.27. The number of hydrogen-bond donors (Lipinski definition) is 2. The van der Waals surface area contributed by atoms with Gasteiger partial charge < -0.3 is 5.73 Å². The summed E-state index contributed by atoms with van der Waals surface area (Å²) >= 11 is 0. The van der Waals surface area contributed by atoms with Gasteiger partial charge in [0, 0.05) is 12.1 Å². The van der Waals surface area contributed by atoms with E-state index in [2.05, 4.69) is 38.1 Å². The van der Waals surface area contributed by atoms with Crippen LogP contribution in [0, 0.1) is 0 Å². The van der Waals surface area contributed by atoms with Crippen LogP contribution in [0.3, 0.4) is 0 Å². The van der Waals surface area contributed by atoms with E-state index in [1.807, 2.05) is 0 Å². The quantitative estimate of drug-likeness (QED) is 0.587. The van der Waals surface area contributed by atoms with Crippen molar-refractivity contribution in [3.63, 3.8) is 0 Å². The summed E-state index contributed by atoms with van der Waals surface area (Å²) in [6.07, 6.45) is 0. The Bertz CT molecular complexity index is 317. The molecule has 1 unspecified atom stereocenters. The first-order valence-corrected chi connectivity index (χ1v) is 4.40. The number of nitrogen functional groups attached to an aromatic ring is 1. The van der Waals surface area contributed by atoms with E-state index in [9.17, 15) is 0 Å². The van der Waals surface area contributed by atoms with E-state index in [-0.39, 0.29) is 5.54 Å². The third-order valence-electron chi connectivity index (χ3n) is 2.56. The number of H-pyrrole nitrogens is 1. The molecule has 1 atom stereocenters. The Labute approximate surface area is 73.8 Å². The zero-order valence-electron chi connectivity index (χ0n) is 7.26. The van der Waals surface area contributed by atoms with Crippen LogP contribution in [0.5, 0.6) is 0 Å². The second-order valence-electron chi connectivity index (χ2n) is 3.65. The predicted molar refractivity (Wildman–Crippen MR) is 51.3 cm³/mol. The minimum Gasteiger partial charge on any atom is -0.382 e. The van der Waals surface area contributed by atoms with Crippen molar-refractivity contribution in [2.75, 3.05) is 5.73 Å². The molecule has 0 amide bonds. The smallest absolute Gasteiger partial charge is 0.150 e. The van der Waals surface area contributed by atoms with Crippen LogP contribution < -0.4 is 5.73 Å². The summed E-state index contributed by atoms with van der Waals surface area (Å²) in [5.41, 5.74) is 7.97. The molecule has 0 saturated carbocycles. The van der Waals surface area contributed by atoms with Gasteiger partial charge in [0.15, 0.2) is 0 Å². The molecule has 1 aliphatic heterocycles. The van der Waals surface area contributed by atoms with Crippen LogP contribution in [-0.2, 0) is 12.1 Å². The van der Waals surface area contributed by atoms with E-state index in [1.165, 1.54) is 0 Å². The molecule has 3 N–H and O–H groups in total. The van der Waals surface area contributed by atoms with Gasteiger partial charge >= 0.3 is 0 Å². The van der Waals surface area contributed by atoms with Crippen LogP contribution in [0.4, 0.5) is 5.82 Å². The Hall–Kier alpha value is -0.600. The van der Waals surface area contributed by atoms with Gasteiger partial charge in [-0.15, -0.1) is 0 Å². The zero-order valence-corrected chi connectivity index (χ0v) is 8.41.